The number of aromatic nitrogens is 1. The normalized spacial score (nSPS) is 18.5. The van der Waals surface area contributed by atoms with Crippen LogP contribution in [0.2, 0.25) is 5.02 Å². The minimum absolute atomic E-state index is 0.0642. The summed E-state index contributed by atoms with van der Waals surface area (Å²) in [5.41, 5.74) is 2.97. The minimum Gasteiger partial charge on any atom is -0.444 e. The number of nitrogens with one attached hydrogen (secondary N) is 2. The van der Waals surface area contributed by atoms with Crippen molar-refractivity contribution in [2.45, 2.75) is 56.6 Å². The Hall–Kier alpha value is -3.08. The molecule has 202 valence electrons. The van der Waals surface area contributed by atoms with Crippen LogP contribution in [-0.4, -0.2) is 61.6 Å². The summed E-state index contributed by atoms with van der Waals surface area (Å²) in [6.07, 6.45) is 2.98. The SMILES string of the molecule is CC(C)(C)OC(=O)N1CCc2ccc(N3CC[C@H](NS(=O)(=O)c4ccc5c(Cl)c[nH]c5c4)C3=O)cc2CC1. The number of amides is 2. The van der Waals surface area contributed by atoms with Crippen LogP contribution >= 0.6 is 11.6 Å². The lowest BCUT2D eigenvalue weighted by molar-refractivity contribution is -0.118. The summed E-state index contributed by atoms with van der Waals surface area (Å²) in [5.74, 6) is -0.290. The number of hydrogen-bond donors (Lipinski definition) is 2. The molecule has 0 bridgehead atoms. The molecule has 1 saturated heterocycles. The summed E-state index contributed by atoms with van der Waals surface area (Å²) in [5, 5.41) is 1.24. The molecule has 3 aromatic rings. The molecular weight excluding hydrogens is 528 g/mol. The number of carbonyl (C=O) groups is 2. The fourth-order valence-electron chi connectivity index (χ4n) is 4.93. The molecule has 1 fully saturated rings. The van der Waals surface area contributed by atoms with Crippen molar-refractivity contribution in [3.8, 4) is 0 Å². The lowest BCUT2D eigenvalue weighted by Crippen LogP contribution is -2.41. The van der Waals surface area contributed by atoms with E-state index in [-0.39, 0.29) is 16.9 Å². The predicted octanol–water partition coefficient (Wildman–Crippen LogP) is 4.24. The van der Waals surface area contributed by atoms with Gasteiger partial charge in [-0.3, -0.25) is 4.79 Å². The number of carbonyl (C=O) groups excluding carboxylic acids is 2. The van der Waals surface area contributed by atoms with Crippen LogP contribution in [0.1, 0.15) is 38.3 Å². The van der Waals surface area contributed by atoms with E-state index in [1.807, 2.05) is 39.0 Å². The molecule has 11 heteroatoms. The third kappa shape index (κ3) is 5.39. The van der Waals surface area contributed by atoms with E-state index in [1.165, 1.54) is 12.1 Å². The maximum absolute atomic E-state index is 13.2. The van der Waals surface area contributed by atoms with E-state index in [1.54, 1.807) is 22.1 Å². The maximum atomic E-state index is 13.2. The Morgan fingerprint density at radius 3 is 2.55 bits per heavy atom. The largest absolute Gasteiger partial charge is 0.444 e. The summed E-state index contributed by atoms with van der Waals surface area (Å²) >= 11 is 6.10. The first-order valence-corrected chi connectivity index (χ1v) is 14.5. The first kappa shape index (κ1) is 26.5. The number of benzene rings is 2. The Bertz CT molecular complexity index is 1510. The summed E-state index contributed by atoms with van der Waals surface area (Å²) in [6.45, 7) is 7.04. The van der Waals surface area contributed by atoms with Crippen molar-refractivity contribution in [2.75, 3.05) is 24.5 Å². The van der Waals surface area contributed by atoms with Crippen LogP contribution in [0.4, 0.5) is 10.5 Å². The van der Waals surface area contributed by atoms with Gasteiger partial charge in [-0.2, -0.15) is 4.72 Å². The van der Waals surface area contributed by atoms with E-state index in [4.69, 9.17) is 16.3 Å². The number of H-pyrrole nitrogens is 1. The van der Waals surface area contributed by atoms with Gasteiger partial charge in [-0.25, -0.2) is 13.2 Å². The van der Waals surface area contributed by atoms with Crippen molar-refractivity contribution < 1.29 is 22.7 Å². The Labute approximate surface area is 227 Å². The van der Waals surface area contributed by atoms with Crippen molar-refractivity contribution in [1.29, 1.82) is 0 Å². The Morgan fingerprint density at radius 1 is 1.08 bits per heavy atom. The van der Waals surface area contributed by atoms with Crippen molar-refractivity contribution >= 4 is 50.2 Å². The number of aromatic amines is 1. The molecule has 2 N–H and O–H groups in total. The van der Waals surface area contributed by atoms with Crippen molar-refractivity contribution in [3.05, 3.63) is 58.7 Å². The molecule has 1 atom stereocenters. The fourth-order valence-corrected chi connectivity index (χ4v) is 6.40. The van der Waals surface area contributed by atoms with E-state index in [0.717, 1.165) is 22.2 Å². The molecule has 0 unspecified atom stereocenters. The third-order valence-corrected chi connectivity index (χ3v) is 8.65. The number of halogens is 1. The van der Waals surface area contributed by atoms with Crippen LogP contribution in [0.5, 0.6) is 0 Å². The van der Waals surface area contributed by atoms with Gasteiger partial charge in [-0.05, 0) is 81.5 Å². The highest BCUT2D eigenvalue weighted by Crippen LogP contribution is 2.29. The van der Waals surface area contributed by atoms with E-state index < -0.39 is 21.7 Å². The molecule has 0 aliphatic carbocycles. The van der Waals surface area contributed by atoms with Crippen LogP contribution in [0.25, 0.3) is 10.9 Å². The lowest BCUT2D eigenvalue weighted by atomic mass is 10.0. The highest BCUT2D eigenvalue weighted by molar-refractivity contribution is 7.89. The highest BCUT2D eigenvalue weighted by atomic mass is 35.5. The fraction of sp³-hybridized carbons (Fsp3) is 0.407. The Morgan fingerprint density at radius 2 is 1.82 bits per heavy atom. The molecule has 0 radical (unpaired) electrons. The number of fused-ring (bicyclic) bond motifs is 2. The predicted molar refractivity (Wildman–Crippen MR) is 146 cm³/mol. The van der Waals surface area contributed by atoms with Gasteiger partial charge in [0.15, 0.2) is 0 Å². The second-order valence-corrected chi connectivity index (χ2v) is 12.8. The zero-order valence-electron chi connectivity index (χ0n) is 21.6. The zero-order chi connectivity index (χ0) is 27.2. The zero-order valence-corrected chi connectivity index (χ0v) is 23.2. The van der Waals surface area contributed by atoms with Gasteiger partial charge in [-0.1, -0.05) is 17.7 Å². The first-order chi connectivity index (χ1) is 17.9. The van der Waals surface area contributed by atoms with Gasteiger partial charge < -0.3 is 19.5 Å². The van der Waals surface area contributed by atoms with Gasteiger partial charge >= 0.3 is 6.09 Å². The summed E-state index contributed by atoms with van der Waals surface area (Å²) in [7, 11) is -3.92. The van der Waals surface area contributed by atoms with Gasteiger partial charge in [0.05, 0.1) is 9.92 Å². The van der Waals surface area contributed by atoms with E-state index in [0.29, 0.717) is 49.4 Å². The smallest absolute Gasteiger partial charge is 0.410 e. The number of nitrogens with zero attached hydrogens (tertiary/aromatic N) is 2. The van der Waals surface area contributed by atoms with Gasteiger partial charge in [-0.15, -0.1) is 0 Å². The van der Waals surface area contributed by atoms with Crippen molar-refractivity contribution in [3.63, 3.8) is 0 Å². The second kappa shape index (κ2) is 9.91. The van der Waals surface area contributed by atoms with Crippen LogP contribution in [-0.2, 0) is 32.4 Å². The number of hydrogen-bond acceptors (Lipinski definition) is 5. The van der Waals surface area contributed by atoms with E-state index >= 15 is 0 Å². The number of sulfonamides is 1. The molecule has 38 heavy (non-hydrogen) atoms. The molecule has 2 aliphatic heterocycles. The quantitative estimate of drug-likeness (QED) is 0.497. The first-order valence-electron chi connectivity index (χ1n) is 12.6. The number of rotatable bonds is 4. The molecule has 1 aromatic heterocycles. The topological polar surface area (TPSA) is 112 Å². The monoisotopic (exact) mass is 558 g/mol. The molecule has 2 aliphatic rings. The summed E-state index contributed by atoms with van der Waals surface area (Å²) < 4.78 is 34.2. The van der Waals surface area contributed by atoms with Gasteiger partial charge in [0.2, 0.25) is 15.9 Å². The minimum atomic E-state index is -3.92. The average molecular weight is 559 g/mol. The second-order valence-electron chi connectivity index (χ2n) is 10.7. The van der Waals surface area contributed by atoms with Crippen molar-refractivity contribution in [1.82, 2.24) is 14.6 Å². The van der Waals surface area contributed by atoms with Gasteiger partial charge in [0.25, 0.3) is 0 Å². The van der Waals surface area contributed by atoms with E-state index in [9.17, 15) is 18.0 Å². The molecule has 2 amide bonds. The lowest BCUT2D eigenvalue weighted by Gasteiger charge is -2.26. The van der Waals surface area contributed by atoms with Crippen LogP contribution < -0.4 is 9.62 Å². The van der Waals surface area contributed by atoms with Crippen LogP contribution in [0, 0.1) is 0 Å². The van der Waals surface area contributed by atoms with E-state index in [2.05, 4.69) is 9.71 Å². The van der Waals surface area contributed by atoms with Crippen LogP contribution in [0.3, 0.4) is 0 Å². The number of anilines is 1. The third-order valence-electron chi connectivity index (χ3n) is 6.87. The van der Waals surface area contributed by atoms with Gasteiger partial charge in [0, 0.05) is 42.4 Å². The maximum Gasteiger partial charge on any atom is 0.410 e. The Kier molecular flexibility index (Phi) is 6.91. The molecule has 3 heterocycles. The Balaban J connectivity index is 1.27. The molecule has 5 rings (SSSR count). The molecule has 0 saturated carbocycles. The summed E-state index contributed by atoms with van der Waals surface area (Å²) in [6, 6.07) is 9.63. The van der Waals surface area contributed by atoms with Crippen LogP contribution in [0.15, 0.2) is 47.5 Å². The van der Waals surface area contributed by atoms with Crippen molar-refractivity contribution in [2.24, 2.45) is 0 Å². The molecular formula is C27H31ClN4O5S. The molecule has 9 nitrogen and oxygen atoms in total. The standard InChI is InChI=1S/C27H31ClN4O5S/c1-27(2,3)37-26(34)31-11-8-17-4-5-19(14-18(17)9-12-31)32-13-10-23(25(32)33)30-38(35,36)20-6-7-21-22(28)16-29-24(21)15-20/h4-7,14-16,23,29-30H,8-13H2,1-3H3/t23-/m0/s1. The molecule has 2 aromatic carbocycles. The number of ether oxygens (including phenoxy) is 1. The summed E-state index contributed by atoms with van der Waals surface area (Å²) in [4.78, 5) is 32.1. The van der Waals surface area contributed by atoms with Gasteiger partial charge in [0.1, 0.15) is 11.6 Å². The molecule has 0 spiro atoms. The average Bonchev–Trinajstić information content (AvgIpc) is 3.31. The highest BCUT2D eigenvalue weighted by Gasteiger charge is 2.36.